The number of hydrogen-bond acceptors (Lipinski definition) is 2. The molecular weight excluding hydrogens is 126 g/mol. The third-order valence-electron chi connectivity index (χ3n) is 1.67. The third-order valence-corrected chi connectivity index (χ3v) is 1.67. The smallest absolute Gasteiger partial charge is 0.143 e. The van der Waals surface area contributed by atoms with Gasteiger partial charge in [-0.3, -0.25) is 4.79 Å². The first-order valence-electron chi connectivity index (χ1n) is 3.77. The Morgan fingerprint density at radius 1 is 1.40 bits per heavy atom. The second-order valence-corrected chi connectivity index (χ2v) is 3.12. The molecule has 0 radical (unpaired) electrons. The quantitative estimate of drug-likeness (QED) is 0.641. The first-order chi connectivity index (χ1) is 4.54. The van der Waals surface area contributed by atoms with E-state index in [0.717, 1.165) is 0 Å². The zero-order valence-corrected chi connectivity index (χ0v) is 7.27. The van der Waals surface area contributed by atoms with Gasteiger partial charge in [-0.25, -0.2) is 0 Å². The van der Waals surface area contributed by atoms with Crippen LogP contribution in [0.15, 0.2) is 0 Å². The molecule has 0 fully saturated rings. The van der Waals surface area contributed by atoms with E-state index in [-0.39, 0.29) is 5.78 Å². The van der Waals surface area contributed by atoms with E-state index in [9.17, 15) is 4.79 Å². The van der Waals surface area contributed by atoms with Gasteiger partial charge in [-0.05, 0) is 19.8 Å². The molecule has 2 nitrogen and oxygen atoms in total. The summed E-state index contributed by atoms with van der Waals surface area (Å²) in [5.74, 6) is 0.798. The van der Waals surface area contributed by atoms with E-state index in [1.807, 2.05) is 0 Å². The van der Waals surface area contributed by atoms with E-state index in [4.69, 9.17) is 0 Å². The molecule has 0 aromatic carbocycles. The second-order valence-electron chi connectivity index (χ2n) is 3.12. The van der Waals surface area contributed by atoms with Crippen molar-refractivity contribution in [1.29, 1.82) is 0 Å². The molecule has 1 atom stereocenters. The van der Waals surface area contributed by atoms with Crippen LogP contribution >= 0.6 is 0 Å². The number of ketones is 1. The number of nitrogens with one attached hydrogen (secondary N) is 1. The van der Waals surface area contributed by atoms with Crippen LogP contribution in [0.25, 0.3) is 0 Å². The van der Waals surface area contributed by atoms with Crippen molar-refractivity contribution >= 4 is 5.78 Å². The van der Waals surface area contributed by atoms with E-state index in [0.29, 0.717) is 18.5 Å². The van der Waals surface area contributed by atoms with Crippen molar-refractivity contribution in [2.45, 2.75) is 33.7 Å². The van der Waals surface area contributed by atoms with E-state index in [1.165, 1.54) is 0 Å². The molecular formula is C8H17NO. The molecule has 0 aromatic heterocycles. The van der Waals surface area contributed by atoms with Crippen LogP contribution < -0.4 is 5.32 Å². The van der Waals surface area contributed by atoms with Crippen molar-refractivity contribution in [2.75, 3.05) is 6.54 Å². The van der Waals surface area contributed by atoms with Gasteiger partial charge in [0, 0.05) is 6.04 Å². The minimum Gasteiger partial charge on any atom is -0.307 e. The number of rotatable bonds is 4. The maximum atomic E-state index is 10.5. The molecule has 0 aliphatic carbocycles. The summed E-state index contributed by atoms with van der Waals surface area (Å²) in [5.41, 5.74) is 0. The molecule has 0 amide bonds. The lowest BCUT2D eigenvalue weighted by Gasteiger charge is -2.15. The van der Waals surface area contributed by atoms with Crippen LogP contribution in [0.5, 0.6) is 0 Å². The molecule has 0 aliphatic rings. The van der Waals surface area contributed by atoms with E-state index in [1.54, 1.807) is 6.92 Å². The largest absolute Gasteiger partial charge is 0.307 e. The maximum absolute atomic E-state index is 10.5. The van der Waals surface area contributed by atoms with Crippen molar-refractivity contribution in [3.05, 3.63) is 0 Å². The summed E-state index contributed by atoms with van der Waals surface area (Å²) in [5, 5.41) is 3.13. The van der Waals surface area contributed by atoms with Crippen molar-refractivity contribution < 1.29 is 4.79 Å². The molecule has 0 aromatic rings. The van der Waals surface area contributed by atoms with Gasteiger partial charge in [0.15, 0.2) is 0 Å². The average Bonchev–Trinajstić information content (AvgIpc) is 1.82. The highest BCUT2D eigenvalue weighted by atomic mass is 16.1. The molecule has 0 aliphatic heterocycles. The number of hydrogen-bond donors (Lipinski definition) is 1. The molecule has 0 rings (SSSR count). The van der Waals surface area contributed by atoms with Crippen molar-refractivity contribution in [3.63, 3.8) is 0 Å². The fourth-order valence-electron chi connectivity index (χ4n) is 0.540. The molecule has 1 unspecified atom stereocenters. The molecule has 0 saturated heterocycles. The van der Waals surface area contributed by atoms with Gasteiger partial charge in [-0.1, -0.05) is 13.8 Å². The summed E-state index contributed by atoms with van der Waals surface area (Å²) in [6.45, 7) is 8.46. The summed E-state index contributed by atoms with van der Waals surface area (Å²) in [6, 6.07) is 0.434. The predicted molar refractivity (Wildman–Crippen MR) is 43.0 cm³/mol. The van der Waals surface area contributed by atoms with Gasteiger partial charge in [0.25, 0.3) is 0 Å². The summed E-state index contributed by atoms with van der Waals surface area (Å²) >= 11 is 0. The van der Waals surface area contributed by atoms with Crippen LogP contribution in [0.3, 0.4) is 0 Å². The molecule has 0 spiro atoms. The lowest BCUT2D eigenvalue weighted by atomic mass is 10.1. The number of Topliss-reactive ketones (excluding diaryl/α,β-unsaturated/α-hetero) is 1. The Morgan fingerprint density at radius 2 is 1.90 bits per heavy atom. The Morgan fingerprint density at radius 3 is 2.20 bits per heavy atom. The molecule has 10 heavy (non-hydrogen) atoms. The highest BCUT2D eigenvalue weighted by molar-refractivity contribution is 5.77. The average molecular weight is 143 g/mol. The topological polar surface area (TPSA) is 29.1 Å². The van der Waals surface area contributed by atoms with Crippen LogP contribution in [0.2, 0.25) is 0 Å². The maximum Gasteiger partial charge on any atom is 0.143 e. The van der Waals surface area contributed by atoms with E-state index in [2.05, 4.69) is 26.1 Å². The highest BCUT2D eigenvalue weighted by Gasteiger charge is 2.05. The fourth-order valence-corrected chi connectivity index (χ4v) is 0.540. The van der Waals surface area contributed by atoms with Gasteiger partial charge in [-0.2, -0.15) is 0 Å². The van der Waals surface area contributed by atoms with Gasteiger partial charge in [-0.15, -0.1) is 0 Å². The normalized spacial score (nSPS) is 13.7. The monoisotopic (exact) mass is 143 g/mol. The molecule has 1 N–H and O–H groups in total. The first-order valence-corrected chi connectivity index (χ1v) is 3.77. The SMILES string of the molecule is CC(=O)CNC(C)C(C)C. The molecule has 0 bridgehead atoms. The lowest BCUT2D eigenvalue weighted by Crippen LogP contribution is -2.34. The van der Waals surface area contributed by atoms with Gasteiger partial charge in [0.1, 0.15) is 5.78 Å². The van der Waals surface area contributed by atoms with Gasteiger partial charge >= 0.3 is 0 Å². The summed E-state index contributed by atoms with van der Waals surface area (Å²) < 4.78 is 0. The van der Waals surface area contributed by atoms with Gasteiger partial charge < -0.3 is 5.32 Å². The van der Waals surface area contributed by atoms with Crippen LogP contribution in [-0.2, 0) is 4.79 Å². The van der Waals surface area contributed by atoms with E-state index < -0.39 is 0 Å². The Kier molecular flexibility index (Phi) is 4.28. The van der Waals surface area contributed by atoms with Crippen molar-refractivity contribution in [1.82, 2.24) is 5.32 Å². The zero-order valence-electron chi connectivity index (χ0n) is 7.27. The molecule has 0 saturated carbocycles. The third kappa shape index (κ3) is 4.50. The molecule has 0 heterocycles. The van der Waals surface area contributed by atoms with Gasteiger partial charge in [0.2, 0.25) is 0 Å². The first kappa shape index (κ1) is 9.63. The summed E-state index contributed by atoms with van der Waals surface area (Å²) in [6.07, 6.45) is 0. The van der Waals surface area contributed by atoms with Crippen LogP contribution in [-0.4, -0.2) is 18.4 Å². The fraction of sp³-hybridized carbons (Fsp3) is 0.875. The highest BCUT2D eigenvalue weighted by Crippen LogP contribution is 1.98. The Labute approximate surface area is 63.0 Å². The number of carbonyl (C=O) groups excluding carboxylic acids is 1. The molecule has 2 heteroatoms. The minimum absolute atomic E-state index is 0.201. The standard InChI is InChI=1S/C8H17NO/c1-6(2)8(4)9-5-7(3)10/h6,8-9H,5H2,1-4H3. The van der Waals surface area contributed by atoms with Gasteiger partial charge in [0.05, 0.1) is 6.54 Å². The molecule has 60 valence electrons. The summed E-state index contributed by atoms with van der Waals surface area (Å²) in [7, 11) is 0. The van der Waals surface area contributed by atoms with Crippen molar-refractivity contribution in [3.8, 4) is 0 Å². The second kappa shape index (κ2) is 4.45. The van der Waals surface area contributed by atoms with Crippen LogP contribution in [0, 0.1) is 5.92 Å². The van der Waals surface area contributed by atoms with Crippen LogP contribution in [0.1, 0.15) is 27.7 Å². The number of carbonyl (C=O) groups is 1. The van der Waals surface area contributed by atoms with Crippen LogP contribution in [0.4, 0.5) is 0 Å². The predicted octanol–water partition coefficient (Wildman–Crippen LogP) is 1.21. The minimum atomic E-state index is 0.201. The Bertz CT molecular complexity index is 110. The van der Waals surface area contributed by atoms with Crippen molar-refractivity contribution in [2.24, 2.45) is 5.92 Å². The Hall–Kier alpha value is -0.370. The van der Waals surface area contributed by atoms with E-state index >= 15 is 0 Å². The lowest BCUT2D eigenvalue weighted by molar-refractivity contribution is -0.116. The summed E-state index contributed by atoms with van der Waals surface area (Å²) in [4.78, 5) is 10.5. The zero-order chi connectivity index (χ0) is 8.15. The Balaban J connectivity index is 3.39.